The number of carbonyl (C=O) groups is 1. The highest BCUT2D eigenvalue weighted by molar-refractivity contribution is 7.16. The van der Waals surface area contributed by atoms with Gasteiger partial charge in [0.25, 0.3) is 0 Å². The summed E-state index contributed by atoms with van der Waals surface area (Å²) in [6, 6.07) is 22.1. The summed E-state index contributed by atoms with van der Waals surface area (Å²) in [6.45, 7) is 2.75. The molecule has 186 valence electrons. The van der Waals surface area contributed by atoms with Crippen molar-refractivity contribution in [3.63, 3.8) is 0 Å². The SMILES string of the molecule is CCOC(Cc1ccc(OCCn2c(=O)sc3cc(/C(=N/O)c4ccccc4)ccc32)cc1)C(=O)O. The van der Waals surface area contributed by atoms with Gasteiger partial charge in [-0.3, -0.25) is 9.36 Å². The van der Waals surface area contributed by atoms with Crippen LogP contribution >= 0.6 is 11.3 Å². The van der Waals surface area contributed by atoms with Crippen LogP contribution in [0.4, 0.5) is 0 Å². The predicted molar refractivity (Wildman–Crippen MR) is 139 cm³/mol. The van der Waals surface area contributed by atoms with Crippen LogP contribution in [0.25, 0.3) is 10.2 Å². The second-order valence-electron chi connectivity index (χ2n) is 8.00. The van der Waals surface area contributed by atoms with Gasteiger partial charge in [0.2, 0.25) is 0 Å². The molecule has 9 heteroatoms. The first-order valence-electron chi connectivity index (χ1n) is 11.5. The van der Waals surface area contributed by atoms with Gasteiger partial charge in [-0.15, -0.1) is 0 Å². The summed E-state index contributed by atoms with van der Waals surface area (Å²) in [5.41, 5.74) is 3.55. The van der Waals surface area contributed by atoms with Gasteiger partial charge in [0.1, 0.15) is 18.1 Å². The van der Waals surface area contributed by atoms with E-state index >= 15 is 0 Å². The molecule has 0 aliphatic rings. The van der Waals surface area contributed by atoms with Crippen LogP contribution in [0.1, 0.15) is 23.6 Å². The van der Waals surface area contributed by atoms with Gasteiger partial charge in [0.05, 0.1) is 16.8 Å². The van der Waals surface area contributed by atoms with Crippen LogP contribution in [0.5, 0.6) is 5.75 Å². The molecule has 8 nitrogen and oxygen atoms in total. The third-order valence-electron chi connectivity index (χ3n) is 5.66. The number of benzene rings is 3. The molecule has 0 saturated carbocycles. The van der Waals surface area contributed by atoms with E-state index in [1.165, 1.54) is 0 Å². The highest BCUT2D eigenvalue weighted by atomic mass is 32.1. The maximum Gasteiger partial charge on any atom is 0.333 e. The Morgan fingerprint density at radius 1 is 1.06 bits per heavy atom. The summed E-state index contributed by atoms with van der Waals surface area (Å²) in [5, 5.41) is 22.3. The van der Waals surface area contributed by atoms with E-state index in [2.05, 4.69) is 5.16 Å². The van der Waals surface area contributed by atoms with Crippen molar-refractivity contribution in [2.24, 2.45) is 5.16 Å². The van der Waals surface area contributed by atoms with E-state index in [0.29, 0.717) is 24.6 Å². The van der Waals surface area contributed by atoms with E-state index in [0.717, 1.165) is 38.2 Å². The van der Waals surface area contributed by atoms with Gasteiger partial charge in [0.15, 0.2) is 6.10 Å². The number of aliphatic carboxylic acids is 1. The van der Waals surface area contributed by atoms with Gasteiger partial charge in [-0.25, -0.2) is 4.79 Å². The molecule has 0 aliphatic carbocycles. The maximum absolute atomic E-state index is 12.6. The molecule has 0 spiro atoms. The van der Waals surface area contributed by atoms with E-state index < -0.39 is 12.1 Å². The monoisotopic (exact) mass is 506 g/mol. The van der Waals surface area contributed by atoms with Crippen molar-refractivity contribution in [2.45, 2.75) is 26.0 Å². The van der Waals surface area contributed by atoms with Crippen molar-refractivity contribution in [3.8, 4) is 5.75 Å². The molecule has 1 unspecified atom stereocenters. The number of oxime groups is 1. The fourth-order valence-corrected chi connectivity index (χ4v) is 4.87. The Kier molecular flexibility index (Phi) is 8.14. The van der Waals surface area contributed by atoms with Crippen LogP contribution < -0.4 is 9.61 Å². The molecule has 0 aliphatic heterocycles. The van der Waals surface area contributed by atoms with Gasteiger partial charge >= 0.3 is 10.8 Å². The van der Waals surface area contributed by atoms with Crippen molar-refractivity contribution in [1.29, 1.82) is 0 Å². The van der Waals surface area contributed by atoms with Crippen LogP contribution in [0, 0.1) is 0 Å². The lowest BCUT2D eigenvalue weighted by molar-refractivity contribution is -0.149. The smallest absolute Gasteiger partial charge is 0.333 e. The number of thiazole rings is 1. The molecule has 1 heterocycles. The average Bonchev–Trinajstić information content (AvgIpc) is 3.20. The first-order chi connectivity index (χ1) is 17.5. The zero-order chi connectivity index (χ0) is 25.5. The van der Waals surface area contributed by atoms with E-state index in [4.69, 9.17) is 9.47 Å². The highest BCUT2D eigenvalue weighted by Gasteiger charge is 2.18. The Morgan fingerprint density at radius 3 is 2.47 bits per heavy atom. The lowest BCUT2D eigenvalue weighted by Gasteiger charge is -2.13. The van der Waals surface area contributed by atoms with Crippen LogP contribution in [0.15, 0.2) is 82.7 Å². The third kappa shape index (κ3) is 5.81. The standard InChI is InChI=1S/C27H26N2O6S/c1-2-34-23(26(30)31)16-18-8-11-21(12-9-18)35-15-14-29-22-13-10-20(17-24(22)36-27(29)32)25(28-33)19-6-4-3-5-7-19/h3-13,17,23,33H,2,14-16H2,1H3,(H,30,31)/b28-25+. The van der Waals surface area contributed by atoms with Crippen LogP contribution in [0.2, 0.25) is 0 Å². The molecule has 0 fully saturated rings. The highest BCUT2D eigenvalue weighted by Crippen LogP contribution is 2.22. The van der Waals surface area contributed by atoms with Gasteiger partial charge in [0, 0.05) is 24.2 Å². The number of nitrogens with zero attached hydrogens (tertiary/aromatic N) is 2. The summed E-state index contributed by atoms with van der Waals surface area (Å²) >= 11 is 1.13. The number of hydrogen-bond donors (Lipinski definition) is 2. The molecule has 0 radical (unpaired) electrons. The van der Waals surface area contributed by atoms with Crippen LogP contribution in [-0.2, 0) is 22.5 Å². The third-order valence-corrected chi connectivity index (χ3v) is 6.60. The molecule has 0 amide bonds. The number of rotatable bonds is 11. The first-order valence-corrected chi connectivity index (χ1v) is 12.3. The number of carboxylic acid groups (broad SMARTS) is 1. The normalized spacial score (nSPS) is 12.5. The summed E-state index contributed by atoms with van der Waals surface area (Å²) < 4.78 is 13.5. The van der Waals surface area contributed by atoms with Crippen molar-refractivity contribution >= 4 is 33.2 Å². The molecule has 0 saturated heterocycles. The molecule has 0 bridgehead atoms. The summed E-state index contributed by atoms with van der Waals surface area (Å²) in [6.07, 6.45) is -0.609. The minimum atomic E-state index is -0.988. The minimum Gasteiger partial charge on any atom is -0.492 e. The Bertz CT molecular complexity index is 1410. The fraction of sp³-hybridized carbons (Fsp3) is 0.222. The summed E-state index contributed by atoms with van der Waals surface area (Å²) in [7, 11) is 0. The van der Waals surface area contributed by atoms with E-state index in [1.807, 2.05) is 60.7 Å². The number of hydrogen-bond acceptors (Lipinski definition) is 7. The van der Waals surface area contributed by atoms with E-state index in [-0.39, 0.29) is 17.9 Å². The molecule has 1 atom stereocenters. The van der Waals surface area contributed by atoms with Gasteiger partial charge in [-0.2, -0.15) is 0 Å². The van der Waals surface area contributed by atoms with E-state index in [9.17, 15) is 19.9 Å². The second kappa shape index (κ2) is 11.7. The molecule has 2 N–H and O–H groups in total. The average molecular weight is 507 g/mol. The molecule has 4 rings (SSSR count). The number of ether oxygens (including phenoxy) is 2. The van der Waals surface area contributed by atoms with E-state index in [1.54, 1.807) is 23.6 Å². The zero-order valence-electron chi connectivity index (χ0n) is 19.7. The molecule has 4 aromatic rings. The molecular weight excluding hydrogens is 480 g/mol. The Labute approximate surface area is 211 Å². The Hall–Kier alpha value is -3.95. The van der Waals surface area contributed by atoms with Crippen molar-refractivity contribution in [2.75, 3.05) is 13.2 Å². The number of fused-ring (bicyclic) bond motifs is 1. The number of carboxylic acids is 1. The summed E-state index contributed by atoms with van der Waals surface area (Å²) in [5.74, 6) is -0.360. The lowest BCUT2D eigenvalue weighted by Crippen LogP contribution is -2.26. The maximum atomic E-state index is 12.6. The minimum absolute atomic E-state index is 0.0982. The molecular formula is C27H26N2O6S. The predicted octanol–water partition coefficient (Wildman–Crippen LogP) is 4.40. The Balaban J connectivity index is 1.42. The summed E-state index contributed by atoms with van der Waals surface area (Å²) in [4.78, 5) is 23.8. The lowest BCUT2D eigenvalue weighted by atomic mass is 10.0. The van der Waals surface area contributed by atoms with Gasteiger partial charge < -0.3 is 19.8 Å². The van der Waals surface area contributed by atoms with Crippen LogP contribution in [0.3, 0.4) is 0 Å². The van der Waals surface area contributed by atoms with Crippen LogP contribution in [-0.4, -0.2) is 45.9 Å². The van der Waals surface area contributed by atoms with Gasteiger partial charge in [-0.1, -0.05) is 65.0 Å². The van der Waals surface area contributed by atoms with Crippen molar-refractivity contribution in [3.05, 3.63) is 99.2 Å². The quantitative estimate of drug-likeness (QED) is 0.177. The zero-order valence-corrected chi connectivity index (χ0v) is 20.5. The second-order valence-corrected chi connectivity index (χ2v) is 8.99. The fourth-order valence-electron chi connectivity index (χ4n) is 3.91. The van der Waals surface area contributed by atoms with Crippen molar-refractivity contribution in [1.82, 2.24) is 4.57 Å². The molecule has 1 aromatic heterocycles. The van der Waals surface area contributed by atoms with Gasteiger partial charge in [-0.05, 0) is 36.8 Å². The van der Waals surface area contributed by atoms with Crippen molar-refractivity contribution < 1.29 is 24.6 Å². The Morgan fingerprint density at radius 2 is 1.81 bits per heavy atom. The topological polar surface area (TPSA) is 110 Å². The molecule has 36 heavy (non-hydrogen) atoms. The molecule has 3 aromatic carbocycles. The first kappa shape index (κ1) is 25.2. The largest absolute Gasteiger partial charge is 0.492 e. The number of aromatic nitrogens is 1.